The maximum absolute atomic E-state index is 12.3. The molecule has 2 nitrogen and oxygen atoms in total. The molecule has 0 spiro atoms. The summed E-state index contributed by atoms with van der Waals surface area (Å²) in [6, 6.07) is 11.0. The van der Waals surface area contributed by atoms with E-state index in [4.69, 9.17) is 23.2 Å². The van der Waals surface area contributed by atoms with E-state index in [0.717, 1.165) is 10.8 Å². The van der Waals surface area contributed by atoms with E-state index in [1.54, 1.807) is 17.7 Å². The van der Waals surface area contributed by atoms with Gasteiger partial charge in [0.15, 0.2) is 0 Å². The zero-order valence-electron chi connectivity index (χ0n) is 9.58. The first kappa shape index (κ1) is 11.6. The van der Waals surface area contributed by atoms with Crippen LogP contribution in [0.15, 0.2) is 41.2 Å². The molecule has 18 heavy (non-hydrogen) atoms. The lowest BCUT2D eigenvalue weighted by atomic mass is 10.1. The summed E-state index contributed by atoms with van der Waals surface area (Å²) < 4.78 is 1.57. The van der Waals surface area contributed by atoms with E-state index in [0.29, 0.717) is 20.9 Å². The maximum Gasteiger partial charge on any atom is 0.258 e. The van der Waals surface area contributed by atoms with Crippen molar-refractivity contribution in [3.8, 4) is 0 Å². The van der Waals surface area contributed by atoms with Gasteiger partial charge in [0.2, 0.25) is 0 Å². The maximum atomic E-state index is 12.3. The molecule has 0 unspecified atom stereocenters. The van der Waals surface area contributed by atoms with Crippen LogP contribution in [0.4, 0.5) is 0 Å². The van der Waals surface area contributed by atoms with Crippen LogP contribution in [-0.2, 0) is 7.05 Å². The van der Waals surface area contributed by atoms with Gasteiger partial charge in [-0.25, -0.2) is 0 Å². The molecule has 90 valence electrons. The van der Waals surface area contributed by atoms with E-state index in [1.807, 2.05) is 30.3 Å². The number of fused-ring (bicyclic) bond motifs is 3. The molecule has 0 bridgehead atoms. The summed E-state index contributed by atoms with van der Waals surface area (Å²) in [6.45, 7) is 0. The molecular weight excluding hydrogens is 269 g/mol. The Bertz CT molecular complexity index is 836. The van der Waals surface area contributed by atoms with Crippen molar-refractivity contribution in [2.45, 2.75) is 0 Å². The summed E-state index contributed by atoms with van der Waals surface area (Å²) in [7, 11) is 1.72. The highest BCUT2D eigenvalue weighted by atomic mass is 35.5. The number of rotatable bonds is 0. The largest absolute Gasteiger partial charge is 0.309 e. The Morgan fingerprint density at radius 3 is 2.39 bits per heavy atom. The van der Waals surface area contributed by atoms with Crippen LogP contribution in [0.5, 0.6) is 0 Å². The van der Waals surface area contributed by atoms with Crippen LogP contribution in [0.3, 0.4) is 0 Å². The van der Waals surface area contributed by atoms with Gasteiger partial charge in [-0.05, 0) is 23.6 Å². The van der Waals surface area contributed by atoms with Crippen LogP contribution >= 0.6 is 23.2 Å². The van der Waals surface area contributed by atoms with Crippen LogP contribution in [0.1, 0.15) is 0 Å². The van der Waals surface area contributed by atoms with Gasteiger partial charge in [0.1, 0.15) is 0 Å². The topological polar surface area (TPSA) is 22.0 Å². The summed E-state index contributed by atoms with van der Waals surface area (Å²) in [4.78, 5) is 12.3. The molecule has 0 radical (unpaired) electrons. The lowest BCUT2D eigenvalue weighted by Gasteiger charge is -2.10. The molecule has 3 rings (SSSR count). The lowest BCUT2D eigenvalue weighted by Crippen LogP contribution is -2.17. The number of hydrogen-bond donors (Lipinski definition) is 0. The molecule has 0 aliphatic rings. The molecule has 0 amide bonds. The molecule has 0 fully saturated rings. The Morgan fingerprint density at radius 1 is 1.00 bits per heavy atom. The van der Waals surface area contributed by atoms with E-state index in [9.17, 15) is 4.79 Å². The third kappa shape index (κ3) is 1.53. The first-order valence-electron chi connectivity index (χ1n) is 5.46. The van der Waals surface area contributed by atoms with Crippen molar-refractivity contribution < 1.29 is 0 Å². The molecule has 0 aliphatic heterocycles. The fraction of sp³-hybridized carbons (Fsp3) is 0.0714. The minimum absolute atomic E-state index is 0.0534. The van der Waals surface area contributed by atoms with Gasteiger partial charge < -0.3 is 4.57 Å². The fourth-order valence-corrected chi connectivity index (χ4v) is 2.92. The number of nitrogens with zero attached hydrogens (tertiary/aromatic N) is 1. The number of aryl methyl sites for hydroxylation is 1. The zero-order valence-corrected chi connectivity index (χ0v) is 11.1. The molecule has 0 saturated heterocycles. The van der Waals surface area contributed by atoms with Crippen molar-refractivity contribution in [3.63, 3.8) is 0 Å². The summed E-state index contributed by atoms with van der Waals surface area (Å²) >= 11 is 12.2. The van der Waals surface area contributed by atoms with Crippen LogP contribution in [0.2, 0.25) is 10.0 Å². The Hall–Kier alpha value is -1.51. The van der Waals surface area contributed by atoms with Gasteiger partial charge in [0, 0.05) is 22.8 Å². The Labute approximate surface area is 113 Å². The van der Waals surface area contributed by atoms with E-state index >= 15 is 0 Å². The Balaban J connectivity index is 2.74. The molecule has 4 heteroatoms. The van der Waals surface area contributed by atoms with Gasteiger partial charge in [-0.3, -0.25) is 4.79 Å². The SMILES string of the molecule is Cn1c(=O)c2ccccc2c2cc(Cl)cc(Cl)c21. The average molecular weight is 278 g/mol. The summed E-state index contributed by atoms with van der Waals surface area (Å²) in [5.74, 6) is 0. The minimum Gasteiger partial charge on any atom is -0.309 e. The van der Waals surface area contributed by atoms with Gasteiger partial charge in [0.25, 0.3) is 5.56 Å². The zero-order chi connectivity index (χ0) is 12.9. The molecule has 1 aromatic heterocycles. The van der Waals surface area contributed by atoms with Crippen molar-refractivity contribution >= 4 is 44.9 Å². The van der Waals surface area contributed by atoms with Crippen molar-refractivity contribution in [2.24, 2.45) is 7.05 Å². The van der Waals surface area contributed by atoms with Gasteiger partial charge in [-0.2, -0.15) is 0 Å². The van der Waals surface area contributed by atoms with Crippen molar-refractivity contribution in [3.05, 3.63) is 56.8 Å². The highest BCUT2D eigenvalue weighted by Gasteiger charge is 2.11. The Kier molecular flexibility index (Phi) is 2.58. The third-order valence-electron chi connectivity index (χ3n) is 3.12. The van der Waals surface area contributed by atoms with Crippen molar-refractivity contribution in [1.82, 2.24) is 4.57 Å². The number of benzene rings is 2. The number of pyridine rings is 1. The van der Waals surface area contributed by atoms with Gasteiger partial charge in [-0.15, -0.1) is 0 Å². The lowest BCUT2D eigenvalue weighted by molar-refractivity contribution is 0.918. The second kappa shape index (κ2) is 4.01. The smallest absolute Gasteiger partial charge is 0.258 e. The van der Waals surface area contributed by atoms with Gasteiger partial charge in [-0.1, -0.05) is 41.4 Å². The predicted molar refractivity (Wildman–Crippen MR) is 76.7 cm³/mol. The number of aromatic nitrogens is 1. The highest BCUT2D eigenvalue weighted by molar-refractivity contribution is 6.39. The van der Waals surface area contributed by atoms with Crippen LogP contribution in [-0.4, -0.2) is 4.57 Å². The number of halogens is 2. The van der Waals surface area contributed by atoms with Crippen LogP contribution < -0.4 is 5.56 Å². The minimum atomic E-state index is -0.0534. The van der Waals surface area contributed by atoms with Crippen molar-refractivity contribution in [1.29, 1.82) is 0 Å². The molecule has 0 N–H and O–H groups in total. The summed E-state index contributed by atoms with van der Waals surface area (Å²) in [5.41, 5.74) is 0.659. The van der Waals surface area contributed by atoms with E-state index in [1.165, 1.54) is 0 Å². The molecule has 0 atom stereocenters. The van der Waals surface area contributed by atoms with E-state index < -0.39 is 0 Å². The third-order valence-corrected chi connectivity index (χ3v) is 3.62. The summed E-state index contributed by atoms with van der Waals surface area (Å²) in [5, 5.41) is 3.50. The first-order valence-corrected chi connectivity index (χ1v) is 6.21. The van der Waals surface area contributed by atoms with Crippen LogP contribution in [0, 0.1) is 0 Å². The van der Waals surface area contributed by atoms with Crippen molar-refractivity contribution in [2.75, 3.05) is 0 Å². The Morgan fingerprint density at radius 2 is 1.67 bits per heavy atom. The molecule has 2 aromatic carbocycles. The highest BCUT2D eigenvalue weighted by Crippen LogP contribution is 2.31. The molecule has 1 heterocycles. The quantitative estimate of drug-likeness (QED) is 0.570. The first-order chi connectivity index (χ1) is 8.59. The van der Waals surface area contributed by atoms with Gasteiger partial charge >= 0.3 is 0 Å². The standard InChI is InChI=1S/C14H9Cl2NO/c1-17-13-11(6-8(15)7-12(13)16)9-4-2-3-5-10(9)14(17)18/h2-7H,1H3. The van der Waals surface area contributed by atoms with Crippen LogP contribution in [0.25, 0.3) is 21.7 Å². The normalized spacial score (nSPS) is 11.3. The predicted octanol–water partition coefficient (Wildman–Crippen LogP) is 4.00. The molecule has 3 aromatic rings. The molecular formula is C14H9Cl2NO. The second-order valence-electron chi connectivity index (χ2n) is 4.19. The van der Waals surface area contributed by atoms with E-state index in [-0.39, 0.29) is 5.56 Å². The second-order valence-corrected chi connectivity index (χ2v) is 5.04. The average Bonchev–Trinajstić information content (AvgIpc) is 2.35. The molecule has 0 aliphatic carbocycles. The van der Waals surface area contributed by atoms with Gasteiger partial charge in [0.05, 0.1) is 10.5 Å². The van der Waals surface area contributed by atoms with E-state index in [2.05, 4.69) is 0 Å². The summed E-state index contributed by atoms with van der Waals surface area (Å²) in [6.07, 6.45) is 0. The number of hydrogen-bond acceptors (Lipinski definition) is 1. The fourth-order valence-electron chi connectivity index (χ4n) is 2.30. The monoisotopic (exact) mass is 277 g/mol. The molecule has 0 saturated carbocycles.